The lowest BCUT2D eigenvalue weighted by Crippen LogP contribution is -2.32. The second kappa shape index (κ2) is 9.55. The van der Waals surface area contributed by atoms with Crippen LogP contribution in [0.25, 0.3) is 22.3 Å². The second-order valence-corrected chi connectivity index (χ2v) is 8.06. The van der Waals surface area contributed by atoms with Crippen LogP contribution in [0.15, 0.2) is 71.8 Å². The molecule has 0 fully saturated rings. The third-order valence-electron chi connectivity index (χ3n) is 5.43. The van der Waals surface area contributed by atoms with Gasteiger partial charge in [0.15, 0.2) is 0 Å². The largest absolute Gasteiger partial charge is 0.0764 e. The van der Waals surface area contributed by atoms with Crippen LogP contribution in [0.1, 0.15) is 55.4 Å². The highest BCUT2D eigenvalue weighted by molar-refractivity contribution is 5.86. The van der Waals surface area contributed by atoms with E-state index in [1.807, 2.05) is 0 Å². The molecule has 0 spiro atoms. The minimum Gasteiger partial charge on any atom is -0.0764 e. The molecule has 0 unspecified atom stereocenters. The number of allylic oxidation sites excluding steroid dienone is 4. The molecule has 0 radical (unpaired) electrons. The SMILES string of the molecule is CC(C)=C/C=C(C)/C(C)=c1\cccc\c1=C(C)/C(C)=c1\ccccc1=C(C)C. The number of benzene rings is 2. The molecule has 0 aliphatic heterocycles. The van der Waals surface area contributed by atoms with Crippen LogP contribution in [0, 0.1) is 0 Å². The molecule has 28 heavy (non-hydrogen) atoms. The molecule has 2 rings (SSSR count). The van der Waals surface area contributed by atoms with Crippen molar-refractivity contribution in [1.82, 2.24) is 0 Å². The first-order chi connectivity index (χ1) is 13.2. The standard InChI is InChI=1S/C28H34/c1-19(2)17-18-21(5)22(6)26-14-11-12-16-28(26)24(8)23(7)27-15-10-9-13-25(27)20(3)4/h9-18H,1-8H3/b21-18+,26-22+,27-23+,28-24+. The van der Waals surface area contributed by atoms with Crippen LogP contribution >= 0.6 is 0 Å². The maximum absolute atomic E-state index is 2.25. The third-order valence-corrected chi connectivity index (χ3v) is 5.43. The average molecular weight is 371 g/mol. The lowest BCUT2D eigenvalue weighted by Gasteiger charge is -2.07. The quantitative estimate of drug-likeness (QED) is 0.667. The van der Waals surface area contributed by atoms with Gasteiger partial charge in [-0.25, -0.2) is 0 Å². The summed E-state index contributed by atoms with van der Waals surface area (Å²) in [5, 5.41) is 5.28. The van der Waals surface area contributed by atoms with Gasteiger partial charge in [0, 0.05) is 0 Å². The summed E-state index contributed by atoms with van der Waals surface area (Å²) < 4.78 is 0. The Balaban J connectivity index is 2.95. The molecule has 0 amide bonds. The van der Waals surface area contributed by atoms with E-state index in [-0.39, 0.29) is 0 Å². The van der Waals surface area contributed by atoms with Gasteiger partial charge in [-0.3, -0.25) is 0 Å². The molecule has 0 aliphatic rings. The molecular formula is C28H34. The van der Waals surface area contributed by atoms with E-state index in [0.717, 1.165) is 0 Å². The predicted octanol–water partition coefficient (Wildman–Crippen LogP) is 5.00. The minimum absolute atomic E-state index is 1.30. The molecule has 0 N–H and O–H groups in total. The van der Waals surface area contributed by atoms with Gasteiger partial charge in [-0.1, -0.05) is 71.8 Å². The molecule has 0 atom stereocenters. The van der Waals surface area contributed by atoms with E-state index < -0.39 is 0 Å². The topological polar surface area (TPSA) is 0 Å². The molecule has 0 bridgehead atoms. The van der Waals surface area contributed by atoms with Crippen molar-refractivity contribution in [2.24, 2.45) is 0 Å². The van der Waals surface area contributed by atoms with Crippen molar-refractivity contribution < 1.29 is 0 Å². The van der Waals surface area contributed by atoms with Gasteiger partial charge in [-0.2, -0.15) is 0 Å². The Bertz CT molecular complexity index is 1160. The molecule has 0 aliphatic carbocycles. The van der Waals surface area contributed by atoms with Crippen molar-refractivity contribution in [3.05, 3.63) is 92.7 Å². The van der Waals surface area contributed by atoms with E-state index >= 15 is 0 Å². The average Bonchev–Trinajstić information content (AvgIpc) is 2.70. The summed E-state index contributed by atoms with van der Waals surface area (Å²) in [5.41, 5.74) is 7.96. The minimum atomic E-state index is 1.30. The van der Waals surface area contributed by atoms with Crippen molar-refractivity contribution in [1.29, 1.82) is 0 Å². The molecule has 0 nitrogen and oxygen atoms in total. The van der Waals surface area contributed by atoms with Gasteiger partial charge in [0.05, 0.1) is 0 Å². The van der Waals surface area contributed by atoms with Crippen molar-refractivity contribution >= 4 is 22.3 Å². The summed E-state index contributed by atoms with van der Waals surface area (Å²) in [7, 11) is 0. The molecular weight excluding hydrogens is 336 g/mol. The van der Waals surface area contributed by atoms with E-state index in [2.05, 4.69) is 116 Å². The van der Waals surface area contributed by atoms with Gasteiger partial charge in [0.25, 0.3) is 0 Å². The Morgan fingerprint density at radius 1 is 0.500 bits per heavy atom. The fourth-order valence-corrected chi connectivity index (χ4v) is 3.42. The van der Waals surface area contributed by atoms with Crippen molar-refractivity contribution in [3.8, 4) is 0 Å². The van der Waals surface area contributed by atoms with Crippen LogP contribution in [0.3, 0.4) is 0 Å². The Labute approximate surface area is 170 Å². The van der Waals surface area contributed by atoms with Gasteiger partial charge in [0.2, 0.25) is 0 Å². The predicted molar refractivity (Wildman–Crippen MR) is 127 cm³/mol. The molecule has 0 heterocycles. The van der Waals surface area contributed by atoms with Crippen LogP contribution in [-0.2, 0) is 0 Å². The van der Waals surface area contributed by atoms with E-state index in [0.29, 0.717) is 0 Å². The van der Waals surface area contributed by atoms with Crippen LogP contribution in [0.4, 0.5) is 0 Å². The highest BCUT2D eigenvalue weighted by atomic mass is 14.1. The Morgan fingerprint density at radius 2 is 0.893 bits per heavy atom. The summed E-state index contributed by atoms with van der Waals surface area (Å²) in [6.07, 6.45) is 4.41. The first-order valence-corrected chi connectivity index (χ1v) is 10.1. The number of hydrogen-bond acceptors (Lipinski definition) is 0. The number of hydrogen-bond donors (Lipinski definition) is 0. The molecule has 2 aromatic rings. The van der Waals surface area contributed by atoms with Crippen LogP contribution in [0.2, 0.25) is 0 Å². The number of rotatable bonds is 3. The molecule has 0 saturated heterocycles. The zero-order valence-corrected chi connectivity index (χ0v) is 18.8. The third kappa shape index (κ3) is 5.01. The monoisotopic (exact) mass is 370 g/mol. The van der Waals surface area contributed by atoms with E-state index in [1.165, 1.54) is 54.3 Å². The van der Waals surface area contributed by atoms with Gasteiger partial charge < -0.3 is 0 Å². The summed E-state index contributed by atoms with van der Waals surface area (Å²) in [6, 6.07) is 17.5. The summed E-state index contributed by atoms with van der Waals surface area (Å²) in [6.45, 7) is 17.6. The van der Waals surface area contributed by atoms with E-state index in [1.54, 1.807) is 0 Å². The van der Waals surface area contributed by atoms with Crippen molar-refractivity contribution in [2.45, 2.75) is 55.4 Å². The maximum atomic E-state index is 2.25. The smallest absolute Gasteiger partial charge is 0.0149 e. The van der Waals surface area contributed by atoms with Gasteiger partial charge >= 0.3 is 0 Å². The zero-order chi connectivity index (χ0) is 20.8. The Hall–Kier alpha value is -2.60. The second-order valence-electron chi connectivity index (χ2n) is 8.06. The highest BCUT2D eigenvalue weighted by Crippen LogP contribution is 2.10. The van der Waals surface area contributed by atoms with Gasteiger partial charge in [-0.15, -0.1) is 0 Å². The van der Waals surface area contributed by atoms with Gasteiger partial charge in [0.1, 0.15) is 0 Å². The van der Waals surface area contributed by atoms with E-state index in [4.69, 9.17) is 0 Å². The van der Waals surface area contributed by atoms with Gasteiger partial charge in [-0.05, 0) is 98.6 Å². The fraction of sp³-hybridized carbons (Fsp3) is 0.286. The van der Waals surface area contributed by atoms with E-state index in [9.17, 15) is 0 Å². The summed E-state index contributed by atoms with van der Waals surface area (Å²) in [5.74, 6) is 0. The lowest BCUT2D eigenvalue weighted by molar-refractivity contribution is 1.36. The zero-order valence-electron chi connectivity index (χ0n) is 18.8. The normalized spacial score (nSPS) is 14.9. The van der Waals surface area contributed by atoms with Crippen LogP contribution < -0.4 is 20.9 Å². The van der Waals surface area contributed by atoms with Crippen LogP contribution in [0.5, 0.6) is 0 Å². The van der Waals surface area contributed by atoms with Crippen molar-refractivity contribution in [2.75, 3.05) is 0 Å². The Kier molecular flexibility index (Phi) is 7.40. The highest BCUT2D eigenvalue weighted by Gasteiger charge is 2.02. The Morgan fingerprint density at radius 3 is 1.32 bits per heavy atom. The van der Waals surface area contributed by atoms with Crippen molar-refractivity contribution in [3.63, 3.8) is 0 Å². The molecule has 0 saturated carbocycles. The molecule has 0 heteroatoms. The molecule has 2 aromatic carbocycles. The lowest BCUT2D eigenvalue weighted by atomic mass is 9.97. The molecule has 146 valence electrons. The maximum Gasteiger partial charge on any atom is -0.0149 e. The first kappa shape index (κ1) is 21.7. The van der Waals surface area contributed by atoms with Crippen LogP contribution in [-0.4, -0.2) is 0 Å². The summed E-state index contributed by atoms with van der Waals surface area (Å²) >= 11 is 0. The molecule has 0 aromatic heterocycles. The summed E-state index contributed by atoms with van der Waals surface area (Å²) in [4.78, 5) is 0. The fourth-order valence-electron chi connectivity index (χ4n) is 3.42. The first-order valence-electron chi connectivity index (χ1n) is 10.1.